The number of aromatic nitrogens is 5. The fourth-order valence-electron chi connectivity index (χ4n) is 3.20. The molecule has 4 rings (SSSR count). The Hall–Kier alpha value is -2.55. The summed E-state index contributed by atoms with van der Waals surface area (Å²) in [5.41, 5.74) is 1.84. The van der Waals surface area contributed by atoms with Gasteiger partial charge in [-0.1, -0.05) is 35.5 Å². The van der Waals surface area contributed by atoms with Crippen LogP contribution in [0.15, 0.2) is 48.9 Å². The van der Waals surface area contributed by atoms with E-state index >= 15 is 0 Å². The zero-order chi connectivity index (χ0) is 17.9. The van der Waals surface area contributed by atoms with Crippen LogP contribution in [-0.2, 0) is 24.9 Å². The minimum absolute atomic E-state index is 0.184. The molecule has 1 saturated heterocycles. The van der Waals surface area contributed by atoms with Gasteiger partial charge in [-0.15, -0.1) is 5.10 Å². The summed E-state index contributed by atoms with van der Waals surface area (Å²) in [6.45, 7) is 1.40. The number of imidazole rings is 1. The molecule has 2 N–H and O–H groups in total. The summed E-state index contributed by atoms with van der Waals surface area (Å²) >= 11 is 0. The first-order valence-corrected chi connectivity index (χ1v) is 8.65. The Kier molecular flexibility index (Phi) is 4.79. The Bertz CT molecular complexity index is 846. The predicted molar refractivity (Wildman–Crippen MR) is 95.0 cm³/mol. The van der Waals surface area contributed by atoms with E-state index in [0.29, 0.717) is 19.7 Å². The first kappa shape index (κ1) is 16.9. The average molecular weight is 354 g/mol. The summed E-state index contributed by atoms with van der Waals surface area (Å²) in [5, 5.41) is 22.1. The van der Waals surface area contributed by atoms with Crippen LogP contribution in [0.3, 0.4) is 0 Å². The fourth-order valence-corrected chi connectivity index (χ4v) is 3.20. The van der Waals surface area contributed by atoms with Crippen LogP contribution in [0.5, 0.6) is 0 Å². The molecule has 0 spiro atoms. The average Bonchev–Trinajstić information content (AvgIpc) is 3.37. The van der Waals surface area contributed by atoms with Gasteiger partial charge < -0.3 is 19.7 Å². The van der Waals surface area contributed by atoms with Crippen LogP contribution in [-0.4, -0.2) is 54.5 Å². The fraction of sp³-hybridized carbons (Fsp3) is 0.389. The molecule has 3 heterocycles. The van der Waals surface area contributed by atoms with Gasteiger partial charge in [0.1, 0.15) is 11.5 Å². The van der Waals surface area contributed by atoms with Crippen molar-refractivity contribution >= 4 is 0 Å². The lowest BCUT2D eigenvalue weighted by Gasteiger charge is -2.21. The van der Waals surface area contributed by atoms with Crippen molar-refractivity contribution in [3.8, 4) is 11.3 Å². The van der Waals surface area contributed by atoms with Crippen molar-refractivity contribution in [1.29, 1.82) is 0 Å². The third kappa shape index (κ3) is 3.52. The molecular weight excluding hydrogens is 332 g/mol. The standard InChI is InChI=1S/C18H22N6O2/c1-23-8-7-19-17(23)9-20-18-15(25)12-26-16(18)11-24-10-14(21-22-24)13-5-3-2-4-6-13/h2-8,10,15-16,18,20,25H,9,11-12H2,1H3/t15-,16+,18+/m0/s1. The lowest BCUT2D eigenvalue weighted by Crippen LogP contribution is -2.45. The second kappa shape index (κ2) is 7.36. The minimum Gasteiger partial charge on any atom is -0.389 e. The van der Waals surface area contributed by atoms with Crippen LogP contribution in [0.1, 0.15) is 5.82 Å². The normalized spacial score (nSPS) is 22.8. The first-order chi connectivity index (χ1) is 12.7. The Morgan fingerprint density at radius 2 is 2.15 bits per heavy atom. The number of hydrogen-bond acceptors (Lipinski definition) is 6. The first-order valence-electron chi connectivity index (χ1n) is 8.65. The molecule has 1 aliphatic heterocycles. The molecule has 2 aromatic heterocycles. The topological polar surface area (TPSA) is 90.0 Å². The highest BCUT2D eigenvalue weighted by Crippen LogP contribution is 2.19. The Balaban J connectivity index is 1.42. The van der Waals surface area contributed by atoms with Crippen LogP contribution < -0.4 is 5.32 Å². The van der Waals surface area contributed by atoms with Gasteiger partial charge in [0, 0.05) is 25.0 Å². The predicted octanol–water partition coefficient (Wildman–Crippen LogP) is 0.597. The molecule has 1 aromatic carbocycles. The maximum absolute atomic E-state index is 10.3. The van der Waals surface area contributed by atoms with Crippen molar-refractivity contribution in [2.45, 2.75) is 31.3 Å². The van der Waals surface area contributed by atoms with Crippen molar-refractivity contribution in [3.63, 3.8) is 0 Å². The largest absolute Gasteiger partial charge is 0.389 e. The number of nitrogens with zero attached hydrogens (tertiary/aromatic N) is 5. The second-order valence-corrected chi connectivity index (χ2v) is 6.49. The quantitative estimate of drug-likeness (QED) is 0.674. The van der Waals surface area contributed by atoms with Crippen molar-refractivity contribution in [1.82, 2.24) is 29.9 Å². The minimum atomic E-state index is -0.558. The van der Waals surface area contributed by atoms with E-state index in [1.807, 2.05) is 54.3 Å². The van der Waals surface area contributed by atoms with E-state index in [-0.39, 0.29) is 12.1 Å². The summed E-state index contributed by atoms with van der Waals surface area (Å²) in [6.07, 6.45) is 4.82. The molecule has 0 amide bonds. The third-order valence-corrected chi connectivity index (χ3v) is 4.69. The molecule has 0 saturated carbocycles. The number of aryl methyl sites for hydroxylation is 1. The van der Waals surface area contributed by atoms with E-state index in [1.54, 1.807) is 10.9 Å². The van der Waals surface area contributed by atoms with Gasteiger partial charge in [0.05, 0.1) is 44.1 Å². The lowest BCUT2D eigenvalue weighted by molar-refractivity contribution is 0.0741. The van der Waals surface area contributed by atoms with E-state index < -0.39 is 6.10 Å². The van der Waals surface area contributed by atoms with Crippen LogP contribution in [0, 0.1) is 0 Å². The van der Waals surface area contributed by atoms with Gasteiger partial charge in [-0.2, -0.15) is 0 Å². The van der Waals surface area contributed by atoms with Gasteiger partial charge in [-0.05, 0) is 0 Å². The number of hydrogen-bond donors (Lipinski definition) is 2. The van der Waals surface area contributed by atoms with Crippen molar-refractivity contribution in [2.75, 3.05) is 6.61 Å². The number of aliphatic hydroxyl groups is 1. The monoisotopic (exact) mass is 354 g/mol. The SMILES string of the molecule is Cn1ccnc1CN[C@@H]1[C@@H](O)CO[C@@H]1Cn1cc(-c2ccccc2)nn1. The van der Waals surface area contributed by atoms with E-state index in [0.717, 1.165) is 17.1 Å². The van der Waals surface area contributed by atoms with E-state index in [1.165, 1.54) is 0 Å². The highest BCUT2D eigenvalue weighted by atomic mass is 16.5. The lowest BCUT2D eigenvalue weighted by atomic mass is 10.1. The summed E-state index contributed by atoms with van der Waals surface area (Å²) in [5.74, 6) is 0.912. The molecule has 0 unspecified atom stereocenters. The summed E-state index contributed by atoms with van der Waals surface area (Å²) < 4.78 is 9.49. The number of nitrogens with one attached hydrogen (secondary N) is 1. The molecule has 0 radical (unpaired) electrons. The van der Waals surface area contributed by atoms with Crippen molar-refractivity contribution < 1.29 is 9.84 Å². The Morgan fingerprint density at radius 3 is 2.92 bits per heavy atom. The summed E-state index contributed by atoms with van der Waals surface area (Å²) in [7, 11) is 1.95. The smallest absolute Gasteiger partial charge is 0.122 e. The van der Waals surface area contributed by atoms with Gasteiger partial charge in [-0.25, -0.2) is 9.67 Å². The molecule has 26 heavy (non-hydrogen) atoms. The van der Waals surface area contributed by atoms with Crippen molar-refractivity contribution in [3.05, 3.63) is 54.7 Å². The number of benzene rings is 1. The van der Waals surface area contributed by atoms with E-state index in [9.17, 15) is 5.11 Å². The molecule has 0 aliphatic carbocycles. The van der Waals surface area contributed by atoms with Gasteiger partial charge in [0.15, 0.2) is 0 Å². The Labute approximate surface area is 151 Å². The molecule has 3 aromatic rings. The van der Waals surface area contributed by atoms with Crippen LogP contribution >= 0.6 is 0 Å². The van der Waals surface area contributed by atoms with Gasteiger partial charge >= 0.3 is 0 Å². The van der Waals surface area contributed by atoms with E-state index in [4.69, 9.17) is 4.74 Å². The zero-order valence-electron chi connectivity index (χ0n) is 14.6. The summed E-state index contributed by atoms with van der Waals surface area (Å²) in [6, 6.07) is 9.74. The van der Waals surface area contributed by atoms with Gasteiger partial charge in [-0.3, -0.25) is 0 Å². The van der Waals surface area contributed by atoms with Crippen LogP contribution in [0.25, 0.3) is 11.3 Å². The highest BCUT2D eigenvalue weighted by Gasteiger charge is 2.36. The van der Waals surface area contributed by atoms with Gasteiger partial charge in [0.25, 0.3) is 0 Å². The zero-order valence-corrected chi connectivity index (χ0v) is 14.6. The van der Waals surface area contributed by atoms with Gasteiger partial charge in [0.2, 0.25) is 0 Å². The highest BCUT2D eigenvalue weighted by molar-refractivity contribution is 5.57. The molecular formula is C18H22N6O2. The van der Waals surface area contributed by atoms with Crippen LogP contribution in [0.2, 0.25) is 0 Å². The van der Waals surface area contributed by atoms with E-state index in [2.05, 4.69) is 20.6 Å². The molecule has 0 bridgehead atoms. The third-order valence-electron chi connectivity index (χ3n) is 4.69. The van der Waals surface area contributed by atoms with Crippen LogP contribution in [0.4, 0.5) is 0 Å². The molecule has 8 heteroatoms. The number of rotatable bonds is 6. The summed E-state index contributed by atoms with van der Waals surface area (Å²) in [4.78, 5) is 4.30. The number of aliphatic hydroxyl groups excluding tert-OH is 1. The maximum atomic E-state index is 10.3. The molecule has 1 fully saturated rings. The number of ether oxygens (including phenoxy) is 1. The molecule has 136 valence electrons. The second-order valence-electron chi connectivity index (χ2n) is 6.49. The molecule has 1 aliphatic rings. The Morgan fingerprint density at radius 1 is 1.31 bits per heavy atom. The molecule has 8 nitrogen and oxygen atoms in total. The molecule has 3 atom stereocenters. The van der Waals surface area contributed by atoms with Crippen molar-refractivity contribution in [2.24, 2.45) is 7.05 Å². The maximum Gasteiger partial charge on any atom is 0.122 e.